The van der Waals surface area contributed by atoms with E-state index in [9.17, 15) is 96.3 Å². The van der Waals surface area contributed by atoms with E-state index in [1.165, 1.54) is 62.1 Å². The summed E-state index contributed by atoms with van der Waals surface area (Å²) in [7, 11) is -27.6. The smallest absolute Gasteiger partial charge is 0.457 e. The molecule has 0 aromatic heterocycles. The van der Waals surface area contributed by atoms with E-state index in [2.05, 4.69) is 186 Å². The van der Waals surface area contributed by atoms with Crippen LogP contribution in [0.2, 0.25) is 0 Å². The van der Waals surface area contributed by atoms with E-state index in [0.717, 1.165) is 62.1 Å². The molecule has 19 nitrogen and oxygen atoms in total. The summed E-state index contributed by atoms with van der Waals surface area (Å²) in [6, 6.07) is 64.1. The average Bonchev–Trinajstić information content (AvgIpc) is 0.715. The van der Waals surface area contributed by atoms with E-state index in [1.54, 1.807) is 31.2 Å². The highest BCUT2D eigenvalue weighted by Gasteiger charge is 2.81. The van der Waals surface area contributed by atoms with Crippen LogP contribution in [0, 0.1) is 10.8 Å². The summed E-state index contributed by atoms with van der Waals surface area (Å²) in [5.41, 5.74) is 3.74. The molecule has 34 heteroatoms. The van der Waals surface area contributed by atoms with Crippen molar-refractivity contribution in [3.63, 3.8) is 0 Å². The van der Waals surface area contributed by atoms with Crippen LogP contribution in [0.5, 0.6) is 28.7 Å². The molecule has 0 aliphatic heterocycles. The third-order valence-corrected chi connectivity index (χ3v) is 26.8. The highest BCUT2D eigenvalue weighted by molar-refractivity contribution is 7.97. The standard InChI is InChI=1S/C18H15S.C14H22O.C13H14F6O6S2.C12H14F4O6S2.2C10H20O2.2C10H14O.14CH4/c1-4-10-16(11-5-1)19(17-12-6-2-7-13-17)18-14-8-3-9-15-18;1-6-11(2)12-7-9-13(10-8-12)15-14(3,4)5;1-3-8(2)9-4-6-10(7-5-9)25-27(23,24)13(18,19)11(14,15)12(16,17)26(20,21)22;1-3-8(2)9-4-6-10(7-5-9)22-24(20,21)12(15,16)11(13,14)23(17,18)19;2*1-7-10(5,6)8(11)12-9(2,3)4;2*1-3-8(2)9-4-6-10(11)7-5-9;;;;;;;;;;;;;;/h1-15H;7-11H,6H2,1-5H3;4-8H,3H2,1-2H3,(H,20,21,22);4-8H,3H2,1-2H3,(H,17,18,19);2*7H2,1-6H3;2*4-8,11H,3H2,1-2H3;14*1H4/q+1;;;;;;;;;;;;;;;;;;;;;/p-2. The molecule has 0 heterocycles. The quantitative estimate of drug-likeness (QED) is 0.0145. The molecule has 846 valence electrons. The summed E-state index contributed by atoms with van der Waals surface area (Å²) >= 11 is 0. The molecule has 0 radical (unpaired) electrons. The number of carbonyl (C=O) groups excluding carboxylic acids is 2. The number of phenols is 2. The maximum absolute atomic E-state index is 13.6. The summed E-state index contributed by atoms with van der Waals surface area (Å²) in [5.74, 6) is -5.48. The van der Waals surface area contributed by atoms with Crippen LogP contribution < -0.4 is 13.1 Å². The van der Waals surface area contributed by atoms with Gasteiger partial charge in [-0.3, -0.25) is 9.59 Å². The van der Waals surface area contributed by atoms with Gasteiger partial charge < -0.3 is 41.9 Å². The van der Waals surface area contributed by atoms with Gasteiger partial charge in [-0.2, -0.15) is 60.7 Å². The van der Waals surface area contributed by atoms with Crippen molar-refractivity contribution in [3.05, 3.63) is 240 Å². The van der Waals surface area contributed by atoms with Gasteiger partial charge in [-0.15, -0.1) is 0 Å². The Morgan fingerprint density at radius 3 is 0.683 bits per heavy atom. The second kappa shape index (κ2) is 70.9. The Balaban J connectivity index is -0.000000113. The number of halogens is 10. The second-order valence-electron chi connectivity index (χ2n) is 35.0. The molecule has 2 N–H and O–H groups in total. The number of rotatable bonds is 29. The van der Waals surface area contributed by atoms with Crippen LogP contribution in [-0.2, 0) is 70.4 Å². The largest absolute Gasteiger partial charge is 0.743 e. The van der Waals surface area contributed by atoms with Crippen molar-refractivity contribution in [2.24, 2.45) is 10.8 Å². The van der Waals surface area contributed by atoms with Gasteiger partial charge in [0.25, 0.3) is 0 Å². The minimum atomic E-state index is -7.33. The van der Waals surface area contributed by atoms with E-state index in [4.69, 9.17) is 24.4 Å². The van der Waals surface area contributed by atoms with Crippen LogP contribution in [0.1, 0.15) is 379 Å². The van der Waals surface area contributed by atoms with Gasteiger partial charge >= 0.3 is 59.1 Å². The van der Waals surface area contributed by atoms with Crippen LogP contribution in [0.15, 0.2) is 227 Å². The third kappa shape index (κ3) is 52.7. The van der Waals surface area contributed by atoms with E-state index < -0.39 is 78.9 Å². The predicted molar refractivity (Wildman–Crippen MR) is 588 cm³/mol. The van der Waals surface area contributed by atoms with Crippen LogP contribution in [0.4, 0.5) is 43.9 Å². The first-order valence-corrected chi connectivity index (χ1v) is 49.3. The Bertz CT molecular complexity index is 5020. The average molecular weight is 2180 g/mol. The lowest BCUT2D eigenvalue weighted by Gasteiger charge is -2.32. The maximum Gasteiger partial charge on any atom is 0.457 e. The van der Waals surface area contributed by atoms with Gasteiger partial charge in [-0.25, -0.2) is 16.8 Å². The number of esters is 2. The lowest BCUT2D eigenvalue weighted by atomic mass is 9.90. The number of aromatic hydroxyl groups is 2. The van der Waals surface area contributed by atoms with Crippen molar-refractivity contribution >= 4 is 63.3 Å². The lowest BCUT2D eigenvalue weighted by molar-refractivity contribution is -0.247. The molecule has 0 aliphatic carbocycles. The fourth-order valence-electron chi connectivity index (χ4n) is 10.0. The van der Waals surface area contributed by atoms with E-state index in [1.807, 2.05) is 128 Å². The van der Waals surface area contributed by atoms with Gasteiger partial charge in [0.15, 0.2) is 34.9 Å². The topological polar surface area (TPSA) is 303 Å². The maximum atomic E-state index is 13.6. The molecule has 0 spiro atoms. The molecule has 0 saturated carbocycles. The van der Waals surface area contributed by atoms with Gasteiger partial charge in [0, 0.05) is 0 Å². The Labute approximate surface area is 876 Å². The van der Waals surface area contributed by atoms with E-state index in [-0.39, 0.29) is 166 Å². The summed E-state index contributed by atoms with van der Waals surface area (Å²) in [6.07, 6.45) is 6.46. The number of alkyl halides is 10. The monoisotopic (exact) mass is 2170 g/mol. The predicted octanol–water partition coefficient (Wildman–Crippen LogP) is 35.3. The molecule has 8 aromatic carbocycles. The fraction of sp³-hybridized carbons (Fsp3) is 0.550. The van der Waals surface area contributed by atoms with Gasteiger partial charge in [0.05, 0.1) is 21.7 Å². The summed E-state index contributed by atoms with van der Waals surface area (Å²) < 4.78 is 263. The summed E-state index contributed by atoms with van der Waals surface area (Å²) in [6.45, 7) is 49.6. The Hall–Kier alpha value is -8.93. The third-order valence-electron chi connectivity index (χ3n) is 20.1. The van der Waals surface area contributed by atoms with Crippen LogP contribution in [-0.4, -0.2) is 109 Å². The van der Waals surface area contributed by atoms with Crippen molar-refractivity contribution in [1.82, 2.24) is 0 Å². The summed E-state index contributed by atoms with van der Waals surface area (Å²) in [5, 5.41) is -8.29. The van der Waals surface area contributed by atoms with Crippen molar-refractivity contribution in [2.75, 3.05) is 0 Å². The number of phenolic OH excluding ortho intramolecular Hbond substituents is 2. The van der Waals surface area contributed by atoms with Crippen LogP contribution >= 0.6 is 0 Å². The van der Waals surface area contributed by atoms with Crippen molar-refractivity contribution in [3.8, 4) is 28.7 Å². The minimum absolute atomic E-state index is 0. The molecule has 8 rings (SSSR count). The first-order valence-electron chi connectivity index (χ1n) is 42.4. The molecule has 0 fully saturated rings. The first kappa shape index (κ1) is 167. The molecule has 8 aromatic rings. The molecule has 0 saturated heterocycles. The summed E-state index contributed by atoms with van der Waals surface area (Å²) in [4.78, 5) is 27.1. The SMILES string of the molecule is C.C.C.C.C.C.C.C.C.C.C.C.C.C.CCC(C)(C)C(=O)OC(C)(C)C.CCC(C)(C)C(=O)OC(C)(C)C.CCC(C)c1ccc(O)cc1.CCC(C)c1ccc(O)cc1.CCC(C)c1ccc(OC(C)(C)C)cc1.CCC(C)c1ccc(OS(=O)(=O)C(F)(F)C(F)(F)C(F)(F)S(=O)(=O)[O-])cc1.CCC(C)c1ccc(OS(=O)(=O)C(F)(F)C(F)(F)S(=O)(=O)[O-])cc1.c1ccc([S+](c2ccccc2)c2ccccc2)cc1. The molecule has 5 atom stereocenters. The van der Waals surface area contributed by atoms with Crippen molar-refractivity contribution in [2.45, 2.75) is 410 Å². The minimum Gasteiger partial charge on any atom is -0.743 e. The molecule has 0 amide bonds. The van der Waals surface area contributed by atoms with Crippen LogP contribution in [0.25, 0.3) is 0 Å². The Morgan fingerprint density at radius 1 is 0.297 bits per heavy atom. The number of ether oxygens (including phenoxy) is 3. The zero-order valence-electron chi connectivity index (χ0n) is 79.2. The Kier molecular flexibility index (Phi) is 81.4. The fourth-order valence-corrected chi connectivity index (χ4v) is 15.2. The van der Waals surface area contributed by atoms with Crippen LogP contribution in [0.3, 0.4) is 0 Å². The Morgan fingerprint density at radius 2 is 0.497 bits per heavy atom. The normalized spacial score (nSPS) is 12.3. The highest BCUT2D eigenvalue weighted by atomic mass is 32.2. The van der Waals surface area contributed by atoms with Gasteiger partial charge in [-0.05, 0) is 289 Å². The molecule has 145 heavy (non-hydrogen) atoms. The van der Waals surface area contributed by atoms with Gasteiger partial charge in [0.1, 0.15) is 45.6 Å². The molecular formula is C111H187F10O19S5-. The van der Waals surface area contributed by atoms with Crippen molar-refractivity contribution < 1.29 is 129 Å². The number of benzene rings is 8. The lowest BCUT2D eigenvalue weighted by Crippen LogP contribution is -2.61. The number of carbonyl (C=O) groups is 2. The van der Waals surface area contributed by atoms with E-state index >= 15 is 0 Å². The zero-order chi connectivity index (χ0) is 101. The van der Waals surface area contributed by atoms with E-state index in [0.29, 0.717) is 46.8 Å². The number of hydrogen-bond donors (Lipinski definition) is 2. The zero-order valence-corrected chi connectivity index (χ0v) is 83.3. The highest BCUT2D eigenvalue weighted by Crippen LogP contribution is 2.51. The molecular weight excluding hydrogens is 1990 g/mol. The number of hydrogen-bond acceptors (Lipinski definition) is 19. The molecule has 0 aliphatic rings. The van der Waals surface area contributed by atoms with Crippen molar-refractivity contribution in [1.29, 1.82) is 0 Å². The molecule has 0 bridgehead atoms. The van der Waals surface area contributed by atoms with Gasteiger partial charge in [0.2, 0.25) is 0 Å². The second-order valence-corrected chi connectivity index (χ2v) is 43.0. The first-order chi connectivity index (χ1) is 59.8. The van der Waals surface area contributed by atoms with Gasteiger partial charge in [-0.1, -0.05) is 302 Å². The molecule has 5 unspecified atom stereocenters.